The Morgan fingerprint density at radius 2 is 2.15 bits per heavy atom. The molecule has 1 saturated carbocycles. The molecular formula is C17H27FN2. The average Bonchev–Trinajstić information content (AvgIpc) is 2.49. The summed E-state index contributed by atoms with van der Waals surface area (Å²) in [4.78, 5) is 4.34. The zero-order valence-electron chi connectivity index (χ0n) is 12.7. The molecule has 3 unspecified atom stereocenters. The largest absolute Gasteiger partial charge is 0.308 e. The van der Waals surface area contributed by atoms with Crippen LogP contribution in [0.15, 0.2) is 18.3 Å². The van der Waals surface area contributed by atoms with Crippen LogP contribution in [0.2, 0.25) is 0 Å². The molecule has 3 heteroatoms. The van der Waals surface area contributed by atoms with Crippen molar-refractivity contribution in [3.05, 3.63) is 29.8 Å². The lowest BCUT2D eigenvalue weighted by molar-refractivity contribution is 0.170. The van der Waals surface area contributed by atoms with Gasteiger partial charge in [0, 0.05) is 6.20 Å². The second kappa shape index (κ2) is 7.72. The first kappa shape index (κ1) is 15.4. The van der Waals surface area contributed by atoms with Crippen molar-refractivity contribution in [2.45, 2.75) is 58.4 Å². The SMILES string of the molecule is CCCNC(c1ncccc1F)C1CCCCC1CC. The summed E-state index contributed by atoms with van der Waals surface area (Å²) in [5.74, 6) is 1.05. The maximum atomic E-state index is 14.2. The van der Waals surface area contributed by atoms with Gasteiger partial charge in [0.25, 0.3) is 0 Å². The molecule has 1 N–H and O–H groups in total. The van der Waals surface area contributed by atoms with Crippen molar-refractivity contribution in [1.82, 2.24) is 10.3 Å². The van der Waals surface area contributed by atoms with Crippen molar-refractivity contribution in [2.24, 2.45) is 11.8 Å². The molecule has 0 saturated heterocycles. The van der Waals surface area contributed by atoms with Gasteiger partial charge in [0.15, 0.2) is 0 Å². The Labute approximate surface area is 122 Å². The standard InChI is InChI=1S/C17H27FN2/c1-3-11-19-16(17-15(18)10-7-12-20-17)14-9-6-5-8-13(14)4-2/h7,10,12-14,16,19H,3-6,8-9,11H2,1-2H3. The molecule has 0 bridgehead atoms. The molecule has 0 aliphatic heterocycles. The van der Waals surface area contributed by atoms with Crippen molar-refractivity contribution in [2.75, 3.05) is 6.54 Å². The van der Waals surface area contributed by atoms with Gasteiger partial charge in [-0.3, -0.25) is 4.98 Å². The molecule has 0 spiro atoms. The first-order valence-corrected chi connectivity index (χ1v) is 8.11. The van der Waals surface area contributed by atoms with Crippen LogP contribution in [0.25, 0.3) is 0 Å². The Kier molecular flexibility index (Phi) is 5.96. The highest BCUT2D eigenvalue weighted by Crippen LogP contribution is 2.40. The summed E-state index contributed by atoms with van der Waals surface area (Å²) < 4.78 is 14.2. The number of halogens is 1. The molecule has 2 rings (SSSR count). The first-order chi connectivity index (χ1) is 9.77. The summed E-state index contributed by atoms with van der Waals surface area (Å²) in [7, 11) is 0. The van der Waals surface area contributed by atoms with Crippen LogP contribution in [-0.4, -0.2) is 11.5 Å². The molecule has 1 aliphatic rings. The van der Waals surface area contributed by atoms with Crippen molar-refractivity contribution in [3.8, 4) is 0 Å². The fourth-order valence-electron chi connectivity index (χ4n) is 3.56. The fourth-order valence-corrected chi connectivity index (χ4v) is 3.56. The van der Waals surface area contributed by atoms with Crippen LogP contribution in [0, 0.1) is 17.7 Å². The molecular weight excluding hydrogens is 251 g/mol. The average molecular weight is 278 g/mol. The third-order valence-electron chi connectivity index (χ3n) is 4.62. The zero-order chi connectivity index (χ0) is 14.4. The lowest BCUT2D eigenvalue weighted by Crippen LogP contribution is -2.36. The van der Waals surface area contributed by atoms with Crippen LogP contribution in [0.1, 0.15) is 64.1 Å². The van der Waals surface area contributed by atoms with E-state index in [9.17, 15) is 4.39 Å². The molecule has 1 aromatic rings. The van der Waals surface area contributed by atoms with E-state index in [0.717, 1.165) is 13.0 Å². The van der Waals surface area contributed by atoms with Crippen LogP contribution in [-0.2, 0) is 0 Å². The monoisotopic (exact) mass is 278 g/mol. The molecule has 0 amide bonds. The number of hydrogen-bond acceptors (Lipinski definition) is 2. The molecule has 2 nitrogen and oxygen atoms in total. The van der Waals surface area contributed by atoms with Crippen LogP contribution in [0.4, 0.5) is 4.39 Å². The van der Waals surface area contributed by atoms with E-state index in [1.54, 1.807) is 12.3 Å². The third-order valence-corrected chi connectivity index (χ3v) is 4.62. The van der Waals surface area contributed by atoms with Gasteiger partial charge in [0.2, 0.25) is 0 Å². The topological polar surface area (TPSA) is 24.9 Å². The van der Waals surface area contributed by atoms with Gasteiger partial charge in [0.05, 0.1) is 11.7 Å². The summed E-state index contributed by atoms with van der Waals surface area (Å²) in [5.41, 5.74) is 0.617. The third kappa shape index (κ3) is 3.57. The van der Waals surface area contributed by atoms with E-state index < -0.39 is 0 Å². The van der Waals surface area contributed by atoms with Crippen molar-refractivity contribution >= 4 is 0 Å². The lowest BCUT2D eigenvalue weighted by Gasteiger charge is -2.37. The maximum Gasteiger partial charge on any atom is 0.146 e. The van der Waals surface area contributed by atoms with Crippen LogP contribution in [0.3, 0.4) is 0 Å². The molecule has 112 valence electrons. The minimum absolute atomic E-state index is 0.0707. The Morgan fingerprint density at radius 1 is 1.35 bits per heavy atom. The van der Waals surface area contributed by atoms with Crippen molar-refractivity contribution in [3.63, 3.8) is 0 Å². The van der Waals surface area contributed by atoms with Crippen LogP contribution >= 0.6 is 0 Å². The Hall–Kier alpha value is -0.960. The number of hydrogen-bond donors (Lipinski definition) is 1. The predicted molar refractivity (Wildman–Crippen MR) is 81.0 cm³/mol. The number of nitrogens with one attached hydrogen (secondary N) is 1. The summed E-state index contributed by atoms with van der Waals surface area (Å²) in [6.07, 6.45) is 9.01. The maximum absolute atomic E-state index is 14.2. The van der Waals surface area contributed by atoms with Gasteiger partial charge < -0.3 is 5.32 Å². The van der Waals surface area contributed by atoms with E-state index in [0.29, 0.717) is 17.5 Å². The first-order valence-electron chi connectivity index (χ1n) is 8.11. The highest BCUT2D eigenvalue weighted by Gasteiger charge is 2.33. The van der Waals surface area contributed by atoms with Crippen LogP contribution in [0.5, 0.6) is 0 Å². The van der Waals surface area contributed by atoms with E-state index in [1.807, 2.05) is 0 Å². The number of pyridine rings is 1. The Morgan fingerprint density at radius 3 is 2.85 bits per heavy atom. The number of aromatic nitrogens is 1. The second-order valence-corrected chi connectivity index (χ2v) is 5.92. The second-order valence-electron chi connectivity index (χ2n) is 5.92. The molecule has 1 heterocycles. The zero-order valence-corrected chi connectivity index (χ0v) is 12.7. The predicted octanol–water partition coefficient (Wildman–Crippen LogP) is 4.48. The molecule has 20 heavy (non-hydrogen) atoms. The summed E-state index contributed by atoms with van der Waals surface area (Å²) in [6, 6.07) is 3.28. The Balaban J connectivity index is 2.24. The fraction of sp³-hybridized carbons (Fsp3) is 0.706. The molecule has 1 aliphatic carbocycles. The van der Waals surface area contributed by atoms with Crippen molar-refractivity contribution in [1.29, 1.82) is 0 Å². The van der Waals surface area contributed by atoms with E-state index >= 15 is 0 Å². The van der Waals surface area contributed by atoms with Crippen LogP contribution < -0.4 is 5.32 Å². The molecule has 3 atom stereocenters. The molecule has 1 aromatic heterocycles. The van der Waals surface area contributed by atoms with E-state index in [2.05, 4.69) is 24.1 Å². The van der Waals surface area contributed by atoms with E-state index in [-0.39, 0.29) is 11.9 Å². The van der Waals surface area contributed by atoms with Gasteiger partial charge >= 0.3 is 0 Å². The minimum Gasteiger partial charge on any atom is -0.308 e. The summed E-state index contributed by atoms with van der Waals surface area (Å²) in [5, 5.41) is 3.56. The molecule has 1 fully saturated rings. The lowest BCUT2D eigenvalue weighted by atomic mass is 9.73. The van der Waals surface area contributed by atoms with Crippen molar-refractivity contribution < 1.29 is 4.39 Å². The highest BCUT2D eigenvalue weighted by molar-refractivity contribution is 5.13. The van der Waals surface area contributed by atoms with E-state index in [1.165, 1.54) is 38.2 Å². The minimum atomic E-state index is -0.165. The number of rotatable bonds is 6. The van der Waals surface area contributed by atoms with Gasteiger partial charge in [-0.1, -0.05) is 39.5 Å². The molecule has 0 aromatic carbocycles. The van der Waals surface area contributed by atoms with Gasteiger partial charge in [-0.25, -0.2) is 4.39 Å². The van der Waals surface area contributed by atoms with Gasteiger partial charge in [0.1, 0.15) is 5.82 Å². The highest BCUT2D eigenvalue weighted by atomic mass is 19.1. The Bertz CT molecular complexity index is 408. The molecule has 0 radical (unpaired) electrons. The van der Waals surface area contributed by atoms with Gasteiger partial charge in [-0.05, 0) is 43.4 Å². The summed E-state index contributed by atoms with van der Waals surface area (Å²) in [6.45, 7) is 5.33. The summed E-state index contributed by atoms with van der Waals surface area (Å²) >= 11 is 0. The van der Waals surface area contributed by atoms with Gasteiger partial charge in [-0.2, -0.15) is 0 Å². The van der Waals surface area contributed by atoms with Gasteiger partial charge in [-0.15, -0.1) is 0 Å². The normalized spacial score (nSPS) is 24.6. The van der Waals surface area contributed by atoms with E-state index in [4.69, 9.17) is 0 Å². The quantitative estimate of drug-likeness (QED) is 0.830. The smallest absolute Gasteiger partial charge is 0.146 e. The number of nitrogens with zero attached hydrogens (tertiary/aromatic N) is 1.